The first kappa shape index (κ1) is 66.2. The van der Waals surface area contributed by atoms with Crippen LogP contribution < -0.4 is 48.0 Å². The molecule has 1 aliphatic heterocycles. The molecule has 0 radical (unpaired) electrons. The van der Waals surface area contributed by atoms with E-state index in [0.29, 0.717) is 48.9 Å². The molecule has 0 fully saturated rings. The van der Waals surface area contributed by atoms with Crippen LogP contribution in [0.15, 0.2) is 76.0 Å². The highest BCUT2D eigenvalue weighted by Crippen LogP contribution is 2.21. The highest BCUT2D eigenvalue weighted by Gasteiger charge is 2.32. The number of amides is 11. The number of imide groups is 1. The summed E-state index contributed by atoms with van der Waals surface area (Å²) in [6.45, 7) is 13.5. The van der Waals surface area contributed by atoms with Gasteiger partial charge in [-0.1, -0.05) is 32.4 Å². The summed E-state index contributed by atoms with van der Waals surface area (Å²) in [6.07, 6.45) is 2.77. The third-order valence-corrected chi connectivity index (χ3v) is 12.9. The maximum absolute atomic E-state index is 14.0. The molecule has 448 valence electrons. The van der Waals surface area contributed by atoms with E-state index in [1.54, 1.807) is 56.3 Å². The molecule has 0 saturated heterocycles. The summed E-state index contributed by atoms with van der Waals surface area (Å²) in [5.41, 5.74) is 4.68. The number of likely N-dealkylation sites (N-methyl/N-ethyl adjacent to an activating group) is 2. The van der Waals surface area contributed by atoms with Crippen molar-refractivity contribution in [2.75, 3.05) is 52.2 Å². The Hall–Kier alpha value is -8.35. The second-order valence-electron chi connectivity index (χ2n) is 21.9. The maximum Gasteiger partial charge on any atom is 0.415 e. The lowest BCUT2D eigenvalue weighted by Crippen LogP contribution is -2.55. The summed E-state index contributed by atoms with van der Waals surface area (Å²) in [7, 11) is 2.99. The van der Waals surface area contributed by atoms with Crippen molar-refractivity contribution in [3.63, 3.8) is 0 Å². The predicted molar refractivity (Wildman–Crippen MR) is 303 cm³/mol. The number of nitrogens with zero attached hydrogens (tertiary/aromatic N) is 3. The van der Waals surface area contributed by atoms with Crippen LogP contribution in [0.25, 0.3) is 11.0 Å². The number of urea groups is 1. The van der Waals surface area contributed by atoms with Crippen LogP contribution in [0.5, 0.6) is 5.75 Å². The van der Waals surface area contributed by atoms with E-state index < -0.39 is 88.6 Å². The largest absolute Gasteiger partial charge is 0.445 e. The van der Waals surface area contributed by atoms with E-state index in [1.807, 2.05) is 34.6 Å². The Kier molecular flexibility index (Phi) is 25.5. The van der Waals surface area contributed by atoms with Crippen LogP contribution in [-0.2, 0) is 49.6 Å². The minimum atomic E-state index is -1.16. The van der Waals surface area contributed by atoms with Crippen molar-refractivity contribution in [1.29, 1.82) is 0 Å². The van der Waals surface area contributed by atoms with Crippen molar-refractivity contribution in [3.8, 4) is 5.75 Å². The van der Waals surface area contributed by atoms with Crippen molar-refractivity contribution in [2.45, 2.75) is 142 Å². The first-order valence-electron chi connectivity index (χ1n) is 27.3. The highest BCUT2D eigenvalue weighted by atomic mass is 16.6. The Balaban J connectivity index is 1.32. The molecule has 1 aromatic heterocycles. The van der Waals surface area contributed by atoms with E-state index in [4.69, 9.17) is 24.4 Å². The Morgan fingerprint density at radius 2 is 1.34 bits per heavy atom. The zero-order chi connectivity index (χ0) is 60.7. The quantitative estimate of drug-likeness (QED) is 0.0267. The molecule has 4 rings (SSSR count). The number of nitrogens with two attached hydrogens (primary N) is 1. The molecule has 1 aliphatic rings. The van der Waals surface area contributed by atoms with Gasteiger partial charge in [-0.2, -0.15) is 0 Å². The number of unbranched alkanes of at least 4 members (excludes halogenated alkanes) is 2. The molecule has 25 nitrogen and oxygen atoms in total. The molecule has 0 saturated carbocycles. The molecule has 2 aromatic carbocycles. The van der Waals surface area contributed by atoms with Gasteiger partial charge in [-0.25, -0.2) is 19.2 Å². The van der Waals surface area contributed by atoms with Gasteiger partial charge in [0, 0.05) is 101 Å². The van der Waals surface area contributed by atoms with Gasteiger partial charge >= 0.3 is 23.8 Å². The lowest BCUT2D eigenvalue weighted by Gasteiger charge is -2.30. The summed E-state index contributed by atoms with van der Waals surface area (Å²) < 4.78 is 21.9. The zero-order valence-electron chi connectivity index (χ0n) is 48.3. The number of ether oxygens (including phenoxy) is 3. The predicted octanol–water partition coefficient (Wildman–Crippen LogP) is 4.36. The van der Waals surface area contributed by atoms with Crippen molar-refractivity contribution in [2.24, 2.45) is 11.7 Å². The molecule has 25 heteroatoms. The molecule has 0 bridgehead atoms. The molecular weight excluding hydrogens is 1060 g/mol. The third-order valence-electron chi connectivity index (χ3n) is 12.9. The highest BCUT2D eigenvalue weighted by molar-refractivity contribution is 6.12. The fraction of sp³-hybridized carbons (Fsp3) is 0.526. The van der Waals surface area contributed by atoms with Crippen molar-refractivity contribution in [1.82, 2.24) is 41.3 Å². The SMILES string of the molecule is CC(C)C(NC(=O)CCC(NC(=O)CCCCCN1C(=O)C=CC1=O)C(=O)NC(C)(C)CCOC(C)(C)C)C(=O)N[C@@H](CCCNC(N)=O)C(=O)Nc1ccc(COC(=O)N(C)CCN(C)C(=O)Oc2ccc3ccc(=O)oc3c2)cc1. The van der Waals surface area contributed by atoms with Crippen LogP contribution in [-0.4, -0.2) is 150 Å². The minimum Gasteiger partial charge on any atom is -0.445 e. The summed E-state index contributed by atoms with van der Waals surface area (Å²) in [5, 5.41) is 17.1. The number of carbonyl (C=O) groups is 10. The first-order valence-corrected chi connectivity index (χ1v) is 27.3. The Labute approximate surface area is 477 Å². The van der Waals surface area contributed by atoms with Gasteiger partial charge in [0.1, 0.15) is 36.1 Å². The molecule has 2 unspecified atom stereocenters. The smallest absolute Gasteiger partial charge is 0.415 e. The van der Waals surface area contributed by atoms with E-state index in [2.05, 4.69) is 31.9 Å². The van der Waals surface area contributed by atoms with Gasteiger partial charge in [0.25, 0.3) is 11.8 Å². The summed E-state index contributed by atoms with van der Waals surface area (Å²) in [6, 6.07) is 9.65. The summed E-state index contributed by atoms with van der Waals surface area (Å²) in [4.78, 5) is 145. The van der Waals surface area contributed by atoms with Crippen LogP contribution in [0.4, 0.5) is 20.1 Å². The van der Waals surface area contributed by atoms with E-state index in [-0.39, 0.29) is 88.0 Å². The average Bonchev–Trinajstić information content (AvgIpc) is 3.79. The molecule has 0 aliphatic carbocycles. The van der Waals surface area contributed by atoms with Crippen LogP contribution in [0.2, 0.25) is 0 Å². The lowest BCUT2D eigenvalue weighted by molar-refractivity contribution is -0.137. The normalized spacial score (nSPS) is 13.4. The molecule has 11 amide bonds. The van der Waals surface area contributed by atoms with Gasteiger partial charge in [-0.05, 0) is 115 Å². The molecule has 3 aromatic rings. The van der Waals surface area contributed by atoms with E-state index in [1.165, 1.54) is 48.2 Å². The second-order valence-corrected chi connectivity index (χ2v) is 21.9. The molecule has 3 atom stereocenters. The zero-order valence-corrected chi connectivity index (χ0v) is 48.3. The van der Waals surface area contributed by atoms with Gasteiger partial charge in [0.2, 0.25) is 29.5 Å². The molecule has 0 spiro atoms. The molecule has 82 heavy (non-hydrogen) atoms. The number of fused-ring (bicyclic) bond motifs is 1. The van der Waals surface area contributed by atoms with Gasteiger partial charge in [0.05, 0.1) is 5.60 Å². The number of primary amides is 1. The number of carbonyl (C=O) groups excluding carboxylic acids is 10. The number of nitrogens with one attached hydrogen (secondary N) is 6. The monoisotopic (exact) mass is 1140 g/mol. The molecular formula is C57H80N10O15. The van der Waals surface area contributed by atoms with Crippen molar-refractivity contribution < 1.29 is 66.6 Å². The van der Waals surface area contributed by atoms with Gasteiger partial charge in [-0.3, -0.25) is 38.5 Å². The Morgan fingerprint density at radius 3 is 1.99 bits per heavy atom. The number of benzene rings is 2. The molecule has 2 heterocycles. The average molecular weight is 1150 g/mol. The maximum atomic E-state index is 14.0. The number of rotatable bonds is 31. The Morgan fingerprint density at radius 1 is 0.707 bits per heavy atom. The van der Waals surface area contributed by atoms with Crippen LogP contribution in [0.1, 0.15) is 112 Å². The van der Waals surface area contributed by atoms with Crippen LogP contribution in [0, 0.1) is 5.92 Å². The van der Waals surface area contributed by atoms with Crippen LogP contribution in [0.3, 0.4) is 0 Å². The van der Waals surface area contributed by atoms with Crippen molar-refractivity contribution in [3.05, 3.63) is 82.7 Å². The lowest BCUT2D eigenvalue weighted by atomic mass is 9.99. The van der Waals surface area contributed by atoms with E-state index in [9.17, 15) is 52.7 Å². The Bertz CT molecular complexity index is 2810. The summed E-state index contributed by atoms with van der Waals surface area (Å²) >= 11 is 0. The van der Waals surface area contributed by atoms with E-state index in [0.717, 1.165) is 4.90 Å². The topological polar surface area (TPSA) is 337 Å². The standard InChI is InChI=1S/C57H80N10O15/c1-36(2)49(63-45(69)24-23-42(51(74)64-57(6,7)28-33-80-56(3,4)5)61-44(68)15-11-10-12-30-67-46(70)25-26-47(67)71)52(75)62-41(14-13-29-59-53(58)76)50(73)60-39-20-16-37(17-21-39)35-79-54(77)65(8)31-32-66(9)55(78)81-40-22-18-38-19-27-48(72)82-43(38)34-40/h16-22,25-27,34,36,41-42,49H,10-15,23-24,28-33,35H2,1-9H3,(H,60,73)(H,61,68)(H,62,75)(H,63,69)(H,64,74)(H3,58,59,76)/t41-,42?,49?/m0/s1. The third kappa shape index (κ3) is 23.4. The van der Waals surface area contributed by atoms with Gasteiger partial charge in [-0.15, -0.1) is 0 Å². The first-order chi connectivity index (χ1) is 38.6. The van der Waals surface area contributed by atoms with Crippen LogP contribution >= 0.6 is 0 Å². The minimum absolute atomic E-state index is 0.0352. The number of hydrogen-bond donors (Lipinski definition) is 7. The van der Waals surface area contributed by atoms with Crippen molar-refractivity contribution >= 4 is 76.2 Å². The van der Waals surface area contributed by atoms with E-state index >= 15 is 0 Å². The number of hydrogen-bond acceptors (Lipinski definition) is 15. The van der Waals surface area contributed by atoms with Gasteiger partial charge < -0.3 is 66.1 Å². The summed E-state index contributed by atoms with van der Waals surface area (Å²) in [5.74, 6) is -3.98. The fourth-order valence-corrected chi connectivity index (χ4v) is 8.05. The second kappa shape index (κ2) is 31.6. The fourth-order valence-electron chi connectivity index (χ4n) is 8.05. The molecule has 8 N–H and O–H groups in total. The van der Waals surface area contributed by atoms with Gasteiger partial charge in [0.15, 0.2) is 0 Å². The number of anilines is 1.